The van der Waals surface area contributed by atoms with E-state index in [1.165, 1.54) is 24.8 Å². The highest BCUT2D eigenvalue weighted by atomic mass is 16.2. The summed E-state index contributed by atoms with van der Waals surface area (Å²) in [5.41, 5.74) is 7.15. The molecule has 1 saturated heterocycles. The van der Waals surface area contributed by atoms with Gasteiger partial charge in [0.05, 0.1) is 0 Å². The van der Waals surface area contributed by atoms with Crippen molar-refractivity contribution in [3.8, 4) is 0 Å². The predicted molar refractivity (Wildman–Crippen MR) is 96.7 cm³/mol. The first kappa shape index (κ1) is 16.6. The molecule has 4 heteroatoms. The summed E-state index contributed by atoms with van der Waals surface area (Å²) in [5, 5.41) is 0. The largest absolute Gasteiger partial charge is 0.369 e. The van der Waals surface area contributed by atoms with E-state index in [0.29, 0.717) is 12.3 Å². The average molecular weight is 340 g/mol. The van der Waals surface area contributed by atoms with Crippen LogP contribution in [-0.2, 0) is 9.59 Å². The molecule has 25 heavy (non-hydrogen) atoms. The highest BCUT2D eigenvalue weighted by molar-refractivity contribution is 5.82. The smallest absolute Gasteiger partial charge is 0.225 e. The lowest BCUT2D eigenvalue weighted by Gasteiger charge is -2.43. The van der Waals surface area contributed by atoms with Crippen LogP contribution >= 0.6 is 0 Å². The molecule has 2 N–H and O–H groups in total. The highest BCUT2D eigenvalue weighted by Gasteiger charge is 2.52. The second kappa shape index (κ2) is 6.47. The molecule has 4 nitrogen and oxygen atoms in total. The molecule has 1 aromatic carbocycles. The van der Waals surface area contributed by atoms with Crippen LogP contribution in [0.15, 0.2) is 30.3 Å². The summed E-state index contributed by atoms with van der Waals surface area (Å²) in [6, 6.07) is 10.7. The summed E-state index contributed by atoms with van der Waals surface area (Å²) in [6.07, 6.45) is 7.06. The predicted octanol–water partition coefficient (Wildman–Crippen LogP) is 3.07. The zero-order chi connectivity index (χ0) is 17.4. The number of primary amides is 1. The molecular formula is C21H28N2O2. The van der Waals surface area contributed by atoms with Gasteiger partial charge in [0.2, 0.25) is 11.8 Å². The third-order valence-electron chi connectivity index (χ3n) is 6.94. The van der Waals surface area contributed by atoms with Crippen molar-refractivity contribution in [2.75, 3.05) is 13.1 Å². The molecule has 1 aliphatic heterocycles. The normalized spacial score (nSPS) is 30.9. The monoisotopic (exact) mass is 340 g/mol. The fourth-order valence-corrected chi connectivity index (χ4v) is 5.35. The van der Waals surface area contributed by atoms with Gasteiger partial charge in [-0.1, -0.05) is 43.2 Å². The molecule has 1 heterocycles. The lowest BCUT2D eigenvalue weighted by Crippen LogP contribution is -2.41. The lowest BCUT2D eigenvalue weighted by molar-refractivity contribution is -0.137. The van der Waals surface area contributed by atoms with Gasteiger partial charge < -0.3 is 10.6 Å². The van der Waals surface area contributed by atoms with Crippen molar-refractivity contribution < 1.29 is 9.59 Å². The van der Waals surface area contributed by atoms with Gasteiger partial charge in [-0.3, -0.25) is 9.59 Å². The van der Waals surface area contributed by atoms with E-state index < -0.39 is 0 Å². The van der Waals surface area contributed by atoms with E-state index in [-0.39, 0.29) is 29.1 Å². The van der Waals surface area contributed by atoms with Crippen molar-refractivity contribution in [2.45, 2.75) is 50.9 Å². The van der Waals surface area contributed by atoms with Gasteiger partial charge in [-0.25, -0.2) is 0 Å². The number of nitrogens with two attached hydrogens (primary N) is 1. The number of carbonyl (C=O) groups is 2. The molecule has 0 aromatic heterocycles. The Morgan fingerprint density at radius 2 is 1.76 bits per heavy atom. The van der Waals surface area contributed by atoms with Crippen LogP contribution in [0.4, 0.5) is 0 Å². The number of carbonyl (C=O) groups excluding carboxylic acids is 2. The molecule has 2 amide bonds. The number of rotatable bonds is 3. The Hall–Kier alpha value is -1.84. The number of likely N-dealkylation sites (tertiary alicyclic amines) is 1. The zero-order valence-corrected chi connectivity index (χ0v) is 14.8. The van der Waals surface area contributed by atoms with E-state index in [4.69, 9.17) is 5.73 Å². The Labute approximate surface area is 149 Å². The molecule has 0 bridgehead atoms. The summed E-state index contributed by atoms with van der Waals surface area (Å²) < 4.78 is 0. The number of hydrogen-bond acceptors (Lipinski definition) is 2. The Morgan fingerprint density at radius 3 is 2.40 bits per heavy atom. The third kappa shape index (κ3) is 2.96. The molecule has 1 spiro atoms. The Bertz CT molecular complexity index is 653. The van der Waals surface area contributed by atoms with E-state index in [9.17, 15) is 9.59 Å². The van der Waals surface area contributed by atoms with Gasteiger partial charge in [0.15, 0.2) is 0 Å². The SMILES string of the molecule is NC(=O)C1CCCC(C(=O)N2CC(c3ccccc3)C3(CCC3)C2)C1. The van der Waals surface area contributed by atoms with Crippen molar-refractivity contribution in [1.82, 2.24) is 4.90 Å². The molecule has 3 aliphatic rings. The topological polar surface area (TPSA) is 63.4 Å². The minimum absolute atomic E-state index is 0.0158. The molecular weight excluding hydrogens is 312 g/mol. The number of hydrogen-bond donors (Lipinski definition) is 1. The van der Waals surface area contributed by atoms with Gasteiger partial charge in [-0.05, 0) is 43.1 Å². The maximum atomic E-state index is 13.1. The lowest BCUT2D eigenvalue weighted by atomic mass is 9.61. The van der Waals surface area contributed by atoms with Crippen molar-refractivity contribution in [2.24, 2.45) is 23.0 Å². The second-order valence-corrected chi connectivity index (χ2v) is 8.36. The van der Waals surface area contributed by atoms with Gasteiger partial charge in [0.1, 0.15) is 0 Å². The average Bonchev–Trinajstić information content (AvgIpc) is 3.03. The molecule has 2 aliphatic carbocycles. The maximum Gasteiger partial charge on any atom is 0.225 e. The summed E-state index contributed by atoms with van der Waals surface area (Å²) in [7, 11) is 0. The minimum atomic E-state index is -0.239. The van der Waals surface area contributed by atoms with Crippen LogP contribution < -0.4 is 5.73 Å². The Morgan fingerprint density at radius 1 is 1.04 bits per heavy atom. The van der Waals surface area contributed by atoms with Crippen molar-refractivity contribution in [1.29, 1.82) is 0 Å². The molecule has 1 aromatic rings. The summed E-state index contributed by atoms with van der Waals surface area (Å²) >= 11 is 0. The van der Waals surface area contributed by atoms with Gasteiger partial charge in [0.25, 0.3) is 0 Å². The number of amides is 2. The van der Waals surface area contributed by atoms with Gasteiger partial charge in [0, 0.05) is 30.8 Å². The van der Waals surface area contributed by atoms with E-state index in [0.717, 1.165) is 32.4 Å². The van der Waals surface area contributed by atoms with Crippen molar-refractivity contribution in [3.05, 3.63) is 35.9 Å². The van der Waals surface area contributed by atoms with Crippen LogP contribution in [0.5, 0.6) is 0 Å². The first-order valence-corrected chi connectivity index (χ1v) is 9.72. The number of nitrogens with zero attached hydrogens (tertiary/aromatic N) is 1. The fourth-order valence-electron chi connectivity index (χ4n) is 5.35. The van der Waals surface area contributed by atoms with Crippen LogP contribution in [0.3, 0.4) is 0 Å². The fraction of sp³-hybridized carbons (Fsp3) is 0.619. The maximum absolute atomic E-state index is 13.1. The van der Waals surface area contributed by atoms with E-state index in [2.05, 4.69) is 35.2 Å². The van der Waals surface area contributed by atoms with E-state index >= 15 is 0 Å². The molecule has 134 valence electrons. The standard InChI is InChI=1S/C21H28N2O2/c22-19(24)16-8-4-9-17(12-16)20(25)23-13-18(15-6-2-1-3-7-15)21(14-23)10-5-11-21/h1-3,6-7,16-18H,4-5,8-14H2,(H2,22,24). The molecule has 3 atom stereocenters. The third-order valence-corrected chi connectivity index (χ3v) is 6.94. The van der Waals surface area contributed by atoms with Crippen LogP contribution in [0.25, 0.3) is 0 Å². The Balaban J connectivity index is 1.50. The molecule has 3 fully saturated rings. The van der Waals surface area contributed by atoms with Crippen LogP contribution in [0, 0.1) is 17.3 Å². The minimum Gasteiger partial charge on any atom is -0.369 e. The van der Waals surface area contributed by atoms with Gasteiger partial charge >= 0.3 is 0 Å². The van der Waals surface area contributed by atoms with Crippen LogP contribution in [0.1, 0.15) is 56.4 Å². The van der Waals surface area contributed by atoms with Crippen molar-refractivity contribution in [3.63, 3.8) is 0 Å². The molecule has 0 radical (unpaired) electrons. The number of benzene rings is 1. The van der Waals surface area contributed by atoms with Crippen LogP contribution in [-0.4, -0.2) is 29.8 Å². The van der Waals surface area contributed by atoms with E-state index in [1.807, 2.05) is 0 Å². The van der Waals surface area contributed by atoms with Crippen LogP contribution in [0.2, 0.25) is 0 Å². The second-order valence-electron chi connectivity index (χ2n) is 8.36. The van der Waals surface area contributed by atoms with Crippen molar-refractivity contribution >= 4 is 11.8 Å². The molecule has 3 unspecified atom stereocenters. The highest BCUT2D eigenvalue weighted by Crippen LogP contribution is 2.56. The Kier molecular flexibility index (Phi) is 4.30. The summed E-state index contributed by atoms with van der Waals surface area (Å²) in [5.74, 6) is 0.347. The molecule has 4 rings (SSSR count). The first-order valence-electron chi connectivity index (χ1n) is 9.72. The first-order chi connectivity index (χ1) is 12.1. The summed E-state index contributed by atoms with van der Waals surface area (Å²) in [4.78, 5) is 26.8. The van der Waals surface area contributed by atoms with Gasteiger partial charge in [-0.15, -0.1) is 0 Å². The van der Waals surface area contributed by atoms with Gasteiger partial charge in [-0.2, -0.15) is 0 Å². The molecule has 2 saturated carbocycles. The zero-order valence-electron chi connectivity index (χ0n) is 14.8. The van der Waals surface area contributed by atoms with E-state index in [1.54, 1.807) is 0 Å². The quantitative estimate of drug-likeness (QED) is 0.919. The summed E-state index contributed by atoms with van der Waals surface area (Å²) in [6.45, 7) is 1.73.